The van der Waals surface area contributed by atoms with Crippen LogP contribution < -0.4 is 5.32 Å². The Morgan fingerprint density at radius 3 is 2.65 bits per heavy atom. The van der Waals surface area contributed by atoms with Gasteiger partial charge in [0.1, 0.15) is 5.01 Å². The molecule has 0 radical (unpaired) electrons. The van der Waals surface area contributed by atoms with Crippen LogP contribution in [0.2, 0.25) is 0 Å². The first kappa shape index (κ1) is 15.6. The summed E-state index contributed by atoms with van der Waals surface area (Å²) in [6, 6.07) is 7.72. The largest absolute Gasteiger partial charge is 0.326 e. The van der Waals surface area contributed by atoms with Gasteiger partial charge in [0, 0.05) is 24.1 Å². The standard InChI is InChI=1S/C16H19N5OS/c1-4-13-18-19-16-21(13)20-15(23-16)11-5-7-12(8-6-11)17-14(22)9-10(2)3/h5-8,10H,4,9H2,1-3H3,(H,17,22). The van der Waals surface area contributed by atoms with Crippen molar-refractivity contribution in [3.8, 4) is 10.6 Å². The maximum atomic E-state index is 11.8. The van der Waals surface area contributed by atoms with Crippen LogP contribution in [0.25, 0.3) is 15.5 Å². The number of benzene rings is 1. The Labute approximate surface area is 138 Å². The predicted octanol–water partition coefficient (Wildman–Crippen LogP) is 3.40. The number of aromatic nitrogens is 4. The highest BCUT2D eigenvalue weighted by Crippen LogP contribution is 2.26. The number of hydrogen-bond donors (Lipinski definition) is 1. The van der Waals surface area contributed by atoms with E-state index >= 15 is 0 Å². The van der Waals surface area contributed by atoms with Gasteiger partial charge < -0.3 is 5.32 Å². The minimum Gasteiger partial charge on any atom is -0.326 e. The molecular weight excluding hydrogens is 310 g/mol. The first-order valence-corrected chi connectivity index (χ1v) is 8.50. The Kier molecular flexibility index (Phi) is 4.38. The number of nitrogens with one attached hydrogen (secondary N) is 1. The third-order valence-electron chi connectivity index (χ3n) is 3.38. The third-order valence-corrected chi connectivity index (χ3v) is 4.33. The Morgan fingerprint density at radius 2 is 2.00 bits per heavy atom. The fourth-order valence-electron chi connectivity index (χ4n) is 2.27. The van der Waals surface area contributed by atoms with Crippen molar-refractivity contribution in [2.75, 3.05) is 5.32 Å². The summed E-state index contributed by atoms with van der Waals surface area (Å²) in [5.41, 5.74) is 1.81. The molecule has 0 saturated heterocycles. The summed E-state index contributed by atoms with van der Waals surface area (Å²) < 4.78 is 1.79. The Bertz CT molecular complexity index is 819. The van der Waals surface area contributed by atoms with E-state index in [4.69, 9.17) is 0 Å². The van der Waals surface area contributed by atoms with Crippen molar-refractivity contribution < 1.29 is 4.79 Å². The molecule has 7 heteroatoms. The molecule has 2 aromatic heterocycles. The molecule has 0 aliphatic heterocycles. The smallest absolute Gasteiger partial charge is 0.234 e. The van der Waals surface area contributed by atoms with Crippen LogP contribution in [0.3, 0.4) is 0 Å². The van der Waals surface area contributed by atoms with Crippen molar-refractivity contribution in [2.24, 2.45) is 5.92 Å². The molecule has 0 spiro atoms. The van der Waals surface area contributed by atoms with E-state index in [2.05, 4.69) is 20.6 Å². The summed E-state index contributed by atoms with van der Waals surface area (Å²) in [6.07, 6.45) is 1.32. The van der Waals surface area contributed by atoms with Gasteiger partial charge in [-0.2, -0.15) is 9.61 Å². The summed E-state index contributed by atoms with van der Waals surface area (Å²) in [5, 5.41) is 16.6. The van der Waals surface area contributed by atoms with E-state index in [9.17, 15) is 4.79 Å². The molecule has 0 saturated carbocycles. The van der Waals surface area contributed by atoms with E-state index in [0.29, 0.717) is 12.3 Å². The maximum absolute atomic E-state index is 11.8. The monoisotopic (exact) mass is 329 g/mol. The highest BCUT2D eigenvalue weighted by Gasteiger charge is 2.12. The van der Waals surface area contributed by atoms with Gasteiger partial charge in [-0.25, -0.2) is 0 Å². The van der Waals surface area contributed by atoms with Crippen LogP contribution in [-0.2, 0) is 11.2 Å². The van der Waals surface area contributed by atoms with Gasteiger partial charge >= 0.3 is 0 Å². The van der Waals surface area contributed by atoms with Gasteiger partial charge in [-0.3, -0.25) is 4.79 Å². The predicted molar refractivity (Wildman–Crippen MR) is 91.6 cm³/mol. The number of nitrogens with zero attached hydrogens (tertiary/aromatic N) is 4. The number of hydrogen-bond acceptors (Lipinski definition) is 5. The molecule has 2 heterocycles. The van der Waals surface area contributed by atoms with Crippen LogP contribution in [0.4, 0.5) is 5.69 Å². The number of rotatable bonds is 5. The quantitative estimate of drug-likeness (QED) is 0.778. The Morgan fingerprint density at radius 1 is 1.26 bits per heavy atom. The molecule has 0 unspecified atom stereocenters. The summed E-state index contributed by atoms with van der Waals surface area (Å²) in [7, 11) is 0. The van der Waals surface area contributed by atoms with Crippen LogP contribution in [-0.4, -0.2) is 25.7 Å². The molecule has 23 heavy (non-hydrogen) atoms. The van der Waals surface area contributed by atoms with E-state index in [1.54, 1.807) is 4.52 Å². The van der Waals surface area contributed by atoms with Crippen LogP contribution in [0, 0.1) is 5.92 Å². The summed E-state index contributed by atoms with van der Waals surface area (Å²) >= 11 is 1.51. The molecule has 3 rings (SSSR count). The average molecular weight is 329 g/mol. The zero-order valence-corrected chi connectivity index (χ0v) is 14.2. The zero-order chi connectivity index (χ0) is 16.4. The molecule has 0 atom stereocenters. The SMILES string of the molecule is CCc1nnc2sc(-c3ccc(NC(=O)CC(C)C)cc3)nn12. The topological polar surface area (TPSA) is 72.2 Å². The van der Waals surface area contributed by atoms with E-state index in [1.807, 2.05) is 45.0 Å². The zero-order valence-electron chi connectivity index (χ0n) is 13.4. The highest BCUT2D eigenvalue weighted by atomic mass is 32.1. The summed E-state index contributed by atoms with van der Waals surface area (Å²) in [5.74, 6) is 1.25. The highest BCUT2D eigenvalue weighted by molar-refractivity contribution is 7.19. The molecule has 1 N–H and O–H groups in total. The van der Waals surface area contributed by atoms with Crippen molar-refractivity contribution in [1.82, 2.24) is 19.8 Å². The molecule has 0 bridgehead atoms. The lowest BCUT2D eigenvalue weighted by atomic mass is 10.1. The van der Waals surface area contributed by atoms with Crippen LogP contribution in [0.5, 0.6) is 0 Å². The lowest BCUT2D eigenvalue weighted by Gasteiger charge is -2.07. The van der Waals surface area contributed by atoms with Gasteiger partial charge in [-0.05, 0) is 30.2 Å². The number of carbonyl (C=O) groups is 1. The molecule has 0 aliphatic rings. The van der Waals surface area contributed by atoms with Crippen molar-refractivity contribution >= 4 is 27.9 Å². The summed E-state index contributed by atoms with van der Waals surface area (Å²) in [6.45, 7) is 6.09. The number of anilines is 1. The van der Waals surface area contributed by atoms with Gasteiger partial charge in [0.15, 0.2) is 5.82 Å². The Balaban J connectivity index is 1.78. The third kappa shape index (κ3) is 3.39. The Hall–Kier alpha value is -2.28. The molecule has 1 amide bonds. The molecule has 3 aromatic rings. The summed E-state index contributed by atoms with van der Waals surface area (Å²) in [4.78, 5) is 12.6. The van der Waals surface area contributed by atoms with E-state index < -0.39 is 0 Å². The first-order chi connectivity index (χ1) is 11.1. The lowest BCUT2D eigenvalue weighted by molar-refractivity contribution is -0.116. The van der Waals surface area contributed by atoms with Gasteiger partial charge in [0.25, 0.3) is 0 Å². The molecule has 0 fully saturated rings. The second-order valence-electron chi connectivity index (χ2n) is 5.79. The second kappa shape index (κ2) is 6.45. The number of amides is 1. The van der Waals surface area contributed by atoms with Crippen molar-refractivity contribution in [1.29, 1.82) is 0 Å². The molecular formula is C16H19N5OS. The number of aryl methyl sites for hydroxylation is 1. The average Bonchev–Trinajstić information content (AvgIpc) is 3.07. The van der Waals surface area contributed by atoms with Gasteiger partial charge in [0.05, 0.1) is 0 Å². The lowest BCUT2D eigenvalue weighted by Crippen LogP contribution is -2.13. The van der Waals surface area contributed by atoms with Crippen LogP contribution in [0.1, 0.15) is 33.0 Å². The van der Waals surface area contributed by atoms with Gasteiger partial charge in [-0.15, -0.1) is 10.2 Å². The minimum atomic E-state index is 0.0409. The molecule has 6 nitrogen and oxygen atoms in total. The molecule has 0 aliphatic carbocycles. The number of fused-ring (bicyclic) bond motifs is 1. The first-order valence-electron chi connectivity index (χ1n) is 7.68. The van der Waals surface area contributed by atoms with Gasteiger partial charge in [-0.1, -0.05) is 32.1 Å². The van der Waals surface area contributed by atoms with Gasteiger partial charge in [0.2, 0.25) is 10.9 Å². The van der Waals surface area contributed by atoms with Crippen molar-refractivity contribution in [2.45, 2.75) is 33.6 Å². The normalized spacial score (nSPS) is 11.3. The second-order valence-corrected chi connectivity index (χ2v) is 6.75. The molecule has 120 valence electrons. The van der Waals surface area contributed by atoms with Crippen molar-refractivity contribution in [3.63, 3.8) is 0 Å². The fraction of sp³-hybridized carbons (Fsp3) is 0.375. The van der Waals surface area contributed by atoms with E-state index in [0.717, 1.165) is 33.5 Å². The van der Waals surface area contributed by atoms with Crippen LogP contribution >= 0.6 is 11.3 Å². The minimum absolute atomic E-state index is 0.0409. The van der Waals surface area contributed by atoms with E-state index in [1.165, 1.54) is 11.3 Å². The number of carbonyl (C=O) groups excluding carboxylic acids is 1. The molecule has 1 aromatic carbocycles. The van der Waals surface area contributed by atoms with E-state index in [-0.39, 0.29) is 5.91 Å². The fourth-order valence-corrected chi connectivity index (χ4v) is 3.14. The maximum Gasteiger partial charge on any atom is 0.234 e. The van der Waals surface area contributed by atoms with Crippen molar-refractivity contribution in [3.05, 3.63) is 30.1 Å². The van der Waals surface area contributed by atoms with Crippen LogP contribution in [0.15, 0.2) is 24.3 Å².